The van der Waals surface area contributed by atoms with Crippen LogP contribution in [0, 0.1) is 0 Å². The van der Waals surface area contributed by atoms with Gasteiger partial charge in [-0.3, -0.25) is 0 Å². The molecule has 4 aromatic rings. The molecule has 1 N–H and O–H groups in total. The van der Waals surface area contributed by atoms with E-state index in [4.69, 9.17) is 4.74 Å². The van der Waals surface area contributed by atoms with Crippen LogP contribution in [0.2, 0.25) is 0 Å². The number of aromatic amines is 1. The second kappa shape index (κ2) is 8.06. The predicted octanol–water partition coefficient (Wildman–Crippen LogP) is 3.87. The molecular formula is C22H25N7O. The zero-order chi connectivity index (χ0) is 21.1. The SMILES string of the molecule is CCOc1nc(C(C)(C)C)n(Cc2ccc(-c3ccccc3-c3nnn[nH]3)cc2)n1. The molecular weight excluding hydrogens is 378 g/mol. The van der Waals surface area contributed by atoms with Crippen LogP contribution in [-0.4, -0.2) is 42.0 Å². The van der Waals surface area contributed by atoms with E-state index in [0.717, 1.165) is 28.1 Å². The first kappa shape index (κ1) is 19.8. The summed E-state index contributed by atoms with van der Waals surface area (Å²) in [6, 6.07) is 16.9. The van der Waals surface area contributed by atoms with Gasteiger partial charge in [0.2, 0.25) is 0 Å². The molecule has 0 saturated heterocycles. The fourth-order valence-corrected chi connectivity index (χ4v) is 3.35. The van der Waals surface area contributed by atoms with Crippen molar-refractivity contribution in [1.29, 1.82) is 0 Å². The van der Waals surface area contributed by atoms with Crippen molar-refractivity contribution in [2.45, 2.75) is 39.7 Å². The van der Waals surface area contributed by atoms with Gasteiger partial charge in [0, 0.05) is 11.0 Å². The van der Waals surface area contributed by atoms with Gasteiger partial charge in [-0.25, -0.2) is 9.78 Å². The maximum atomic E-state index is 5.52. The maximum absolute atomic E-state index is 5.52. The third-order valence-corrected chi connectivity index (χ3v) is 4.72. The third kappa shape index (κ3) is 4.07. The van der Waals surface area contributed by atoms with E-state index in [1.54, 1.807) is 0 Å². The minimum atomic E-state index is -0.133. The number of benzene rings is 2. The molecule has 2 aromatic carbocycles. The van der Waals surface area contributed by atoms with E-state index < -0.39 is 0 Å². The summed E-state index contributed by atoms with van der Waals surface area (Å²) in [5.74, 6) is 1.55. The summed E-state index contributed by atoms with van der Waals surface area (Å²) in [5.41, 5.74) is 4.12. The topological polar surface area (TPSA) is 94.4 Å². The Labute approximate surface area is 175 Å². The van der Waals surface area contributed by atoms with Crippen molar-refractivity contribution < 1.29 is 4.74 Å². The number of hydrogen-bond donors (Lipinski definition) is 1. The molecule has 0 unspecified atom stereocenters. The molecule has 0 aliphatic rings. The number of tetrazole rings is 1. The lowest BCUT2D eigenvalue weighted by Gasteiger charge is -2.18. The molecule has 2 aromatic heterocycles. The Kier molecular flexibility index (Phi) is 5.31. The highest BCUT2D eigenvalue weighted by Crippen LogP contribution is 2.30. The quantitative estimate of drug-likeness (QED) is 0.525. The summed E-state index contributed by atoms with van der Waals surface area (Å²) in [6.07, 6.45) is 0. The van der Waals surface area contributed by atoms with Crippen LogP contribution < -0.4 is 4.74 Å². The molecule has 154 valence electrons. The van der Waals surface area contributed by atoms with Gasteiger partial charge in [-0.1, -0.05) is 69.3 Å². The van der Waals surface area contributed by atoms with Crippen molar-refractivity contribution in [2.24, 2.45) is 0 Å². The Morgan fingerprint density at radius 3 is 2.37 bits per heavy atom. The van der Waals surface area contributed by atoms with Crippen LogP contribution >= 0.6 is 0 Å². The fraction of sp³-hybridized carbons (Fsp3) is 0.318. The van der Waals surface area contributed by atoms with E-state index in [0.29, 0.717) is 25.0 Å². The maximum Gasteiger partial charge on any atom is 0.335 e. The Balaban J connectivity index is 1.62. The summed E-state index contributed by atoms with van der Waals surface area (Å²) in [5, 5.41) is 18.8. The Morgan fingerprint density at radius 2 is 1.73 bits per heavy atom. The zero-order valence-electron chi connectivity index (χ0n) is 17.6. The van der Waals surface area contributed by atoms with Crippen LogP contribution in [0.4, 0.5) is 0 Å². The van der Waals surface area contributed by atoms with Crippen LogP contribution in [0.15, 0.2) is 48.5 Å². The molecule has 0 fully saturated rings. The summed E-state index contributed by atoms with van der Waals surface area (Å²) in [7, 11) is 0. The average Bonchev–Trinajstić information content (AvgIpc) is 3.39. The molecule has 4 rings (SSSR count). The molecule has 0 aliphatic heterocycles. The fourth-order valence-electron chi connectivity index (χ4n) is 3.35. The summed E-state index contributed by atoms with van der Waals surface area (Å²) in [6.45, 7) is 9.48. The highest BCUT2D eigenvalue weighted by molar-refractivity contribution is 5.80. The van der Waals surface area contributed by atoms with E-state index in [-0.39, 0.29) is 5.41 Å². The van der Waals surface area contributed by atoms with Gasteiger partial charge in [0.15, 0.2) is 5.82 Å². The van der Waals surface area contributed by atoms with Gasteiger partial charge in [-0.15, -0.1) is 10.2 Å². The molecule has 30 heavy (non-hydrogen) atoms. The van der Waals surface area contributed by atoms with Gasteiger partial charge in [0.1, 0.15) is 5.82 Å². The molecule has 0 bridgehead atoms. The van der Waals surface area contributed by atoms with Crippen LogP contribution in [0.25, 0.3) is 22.5 Å². The number of aromatic nitrogens is 7. The molecule has 0 radical (unpaired) electrons. The Hall–Kier alpha value is -3.55. The second-order valence-corrected chi connectivity index (χ2v) is 8.05. The molecule has 0 aliphatic carbocycles. The van der Waals surface area contributed by atoms with Crippen molar-refractivity contribution in [3.05, 3.63) is 59.9 Å². The lowest BCUT2D eigenvalue weighted by molar-refractivity contribution is 0.311. The smallest absolute Gasteiger partial charge is 0.335 e. The standard InChI is InChI=1S/C22H25N7O/c1-5-30-21-23-20(22(2,3)4)29(26-21)14-15-10-12-16(13-11-15)17-8-6-7-9-18(17)19-24-27-28-25-19/h6-13H,5,14H2,1-4H3,(H,24,25,27,28). The first-order chi connectivity index (χ1) is 14.5. The largest absolute Gasteiger partial charge is 0.463 e. The highest BCUT2D eigenvalue weighted by atomic mass is 16.5. The van der Waals surface area contributed by atoms with E-state index in [9.17, 15) is 0 Å². The lowest BCUT2D eigenvalue weighted by Crippen LogP contribution is -2.20. The first-order valence-corrected chi connectivity index (χ1v) is 9.96. The number of nitrogens with one attached hydrogen (secondary N) is 1. The van der Waals surface area contributed by atoms with E-state index in [1.807, 2.05) is 29.8 Å². The normalized spacial score (nSPS) is 11.6. The van der Waals surface area contributed by atoms with Crippen molar-refractivity contribution >= 4 is 0 Å². The number of ether oxygens (including phenoxy) is 1. The minimum Gasteiger partial charge on any atom is -0.463 e. The van der Waals surface area contributed by atoms with Crippen LogP contribution in [0.3, 0.4) is 0 Å². The first-order valence-electron chi connectivity index (χ1n) is 9.96. The van der Waals surface area contributed by atoms with E-state index in [1.165, 1.54) is 0 Å². The van der Waals surface area contributed by atoms with Crippen molar-refractivity contribution in [3.63, 3.8) is 0 Å². The van der Waals surface area contributed by atoms with Gasteiger partial charge < -0.3 is 4.74 Å². The lowest BCUT2D eigenvalue weighted by atomic mass is 9.95. The van der Waals surface area contributed by atoms with Gasteiger partial charge in [0.05, 0.1) is 13.2 Å². The molecule has 0 saturated carbocycles. The Morgan fingerprint density at radius 1 is 1.00 bits per heavy atom. The Bertz CT molecular complexity index is 1110. The minimum absolute atomic E-state index is 0.133. The molecule has 0 atom stereocenters. The van der Waals surface area contributed by atoms with Gasteiger partial charge in [-0.05, 0) is 34.0 Å². The zero-order valence-corrected chi connectivity index (χ0v) is 17.6. The number of hydrogen-bond acceptors (Lipinski definition) is 6. The average molecular weight is 403 g/mol. The predicted molar refractivity (Wildman–Crippen MR) is 114 cm³/mol. The van der Waals surface area contributed by atoms with E-state index in [2.05, 4.69) is 81.8 Å². The number of H-pyrrole nitrogens is 1. The summed E-state index contributed by atoms with van der Waals surface area (Å²) >= 11 is 0. The monoisotopic (exact) mass is 403 g/mol. The number of nitrogens with zero attached hydrogens (tertiary/aromatic N) is 6. The second-order valence-electron chi connectivity index (χ2n) is 8.05. The molecule has 8 heteroatoms. The molecule has 8 nitrogen and oxygen atoms in total. The molecule has 0 spiro atoms. The van der Waals surface area contributed by atoms with Gasteiger partial charge in [-0.2, -0.15) is 4.98 Å². The van der Waals surface area contributed by atoms with E-state index >= 15 is 0 Å². The van der Waals surface area contributed by atoms with Gasteiger partial charge >= 0.3 is 6.01 Å². The van der Waals surface area contributed by atoms with Crippen LogP contribution in [-0.2, 0) is 12.0 Å². The van der Waals surface area contributed by atoms with Crippen molar-refractivity contribution in [2.75, 3.05) is 6.61 Å². The molecule has 2 heterocycles. The summed E-state index contributed by atoms with van der Waals surface area (Å²) in [4.78, 5) is 4.58. The van der Waals surface area contributed by atoms with Crippen LogP contribution in [0.5, 0.6) is 6.01 Å². The van der Waals surface area contributed by atoms with Crippen LogP contribution in [0.1, 0.15) is 39.1 Å². The highest BCUT2D eigenvalue weighted by Gasteiger charge is 2.23. The molecule has 0 amide bonds. The van der Waals surface area contributed by atoms with Gasteiger partial charge in [0.25, 0.3) is 0 Å². The van der Waals surface area contributed by atoms with Crippen molar-refractivity contribution in [1.82, 2.24) is 35.4 Å². The van der Waals surface area contributed by atoms with Crippen molar-refractivity contribution in [3.8, 4) is 28.5 Å². The number of rotatable bonds is 6. The summed E-state index contributed by atoms with van der Waals surface area (Å²) < 4.78 is 7.45. The third-order valence-electron chi connectivity index (χ3n) is 4.72.